The molecule has 0 rings (SSSR count). The van der Waals surface area contributed by atoms with Gasteiger partial charge >= 0.3 is 0 Å². The number of alkyl halides is 2. The lowest BCUT2D eigenvalue weighted by atomic mass is 10.6. The highest BCUT2D eigenvalue weighted by Gasteiger charge is 1.96. The molecule has 0 aliphatic heterocycles. The standard InChI is InChI=1S/C5H7F2IN2/c6-4(7)3-10-2-1-5(8)9/h1-2,4,9-10H,3H2/b2-1-,9-5?. The Kier molecular flexibility index (Phi) is 5.46. The molecule has 10 heavy (non-hydrogen) atoms. The number of halogens is 3. The van der Waals surface area contributed by atoms with Crippen LogP contribution in [-0.4, -0.2) is 16.7 Å². The van der Waals surface area contributed by atoms with Gasteiger partial charge in [-0.1, -0.05) is 0 Å². The Hall–Kier alpha value is -0.200. The molecule has 0 aliphatic rings. The maximum Gasteiger partial charge on any atom is 0.255 e. The maximum absolute atomic E-state index is 11.4. The molecular weight excluding hydrogens is 253 g/mol. The van der Waals surface area contributed by atoms with Crippen LogP contribution in [0.3, 0.4) is 0 Å². The minimum absolute atomic E-state index is 0.305. The van der Waals surface area contributed by atoms with Crippen LogP contribution in [0, 0.1) is 5.41 Å². The normalized spacial score (nSPS) is 10.8. The van der Waals surface area contributed by atoms with Gasteiger partial charge in [-0.15, -0.1) is 0 Å². The summed E-state index contributed by atoms with van der Waals surface area (Å²) in [6.45, 7) is -0.361. The Morgan fingerprint density at radius 2 is 2.30 bits per heavy atom. The third-order valence-corrected chi connectivity index (χ3v) is 0.979. The van der Waals surface area contributed by atoms with Crippen molar-refractivity contribution in [2.24, 2.45) is 0 Å². The van der Waals surface area contributed by atoms with Crippen LogP contribution >= 0.6 is 22.6 Å². The van der Waals surface area contributed by atoms with Crippen molar-refractivity contribution >= 4 is 26.3 Å². The molecule has 0 bridgehead atoms. The van der Waals surface area contributed by atoms with Crippen molar-refractivity contribution in [3.05, 3.63) is 12.3 Å². The molecule has 2 nitrogen and oxygen atoms in total. The number of allylic oxidation sites excluding steroid dienone is 1. The third kappa shape index (κ3) is 7.80. The first-order valence-corrected chi connectivity index (χ1v) is 3.63. The van der Waals surface area contributed by atoms with Crippen molar-refractivity contribution in [2.75, 3.05) is 6.54 Å². The van der Waals surface area contributed by atoms with Gasteiger partial charge in [0.05, 0.1) is 10.3 Å². The van der Waals surface area contributed by atoms with E-state index in [1.807, 2.05) is 0 Å². The lowest BCUT2D eigenvalue weighted by molar-refractivity contribution is 0.150. The molecule has 0 spiro atoms. The van der Waals surface area contributed by atoms with E-state index in [2.05, 4.69) is 5.32 Å². The molecule has 5 heteroatoms. The summed E-state index contributed by atoms with van der Waals surface area (Å²) in [7, 11) is 0. The van der Waals surface area contributed by atoms with Crippen molar-refractivity contribution < 1.29 is 8.78 Å². The van der Waals surface area contributed by atoms with Crippen LogP contribution in [0.4, 0.5) is 8.78 Å². The molecule has 0 saturated carbocycles. The van der Waals surface area contributed by atoms with Gasteiger partial charge in [-0.25, -0.2) is 8.78 Å². The molecule has 0 saturated heterocycles. The van der Waals surface area contributed by atoms with Crippen LogP contribution < -0.4 is 5.32 Å². The Labute approximate surface area is 71.3 Å². The summed E-state index contributed by atoms with van der Waals surface area (Å²) in [4.78, 5) is 0. The van der Waals surface area contributed by atoms with Crippen LogP contribution in [0.15, 0.2) is 12.3 Å². The van der Waals surface area contributed by atoms with Crippen molar-refractivity contribution in [3.63, 3.8) is 0 Å². The highest BCUT2D eigenvalue weighted by atomic mass is 127. The summed E-state index contributed by atoms with van der Waals surface area (Å²) in [6.07, 6.45) is 0.400. The van der Waals surface area contributed by atoms with Crippen LogP contribution in [0.2, 0.25) is 0 Å². The number of rotatable bonds is 4. The van der Waals surface area contributed by atoms with E-state index in [9.17, 15) is 8.78 Å². The minimum atomic E-state index is -2.34. The van der Waals surface area contributed by atoms with Crippen LogP contribution in [-0.2, 0) is 0 Å². The van der Waals surface area contributed by atoms with Crippen LogP contribution in [0.1, 0.15) is 0 Å². The van der Waals surface area contributed by atoms with Gasteiger partial charge < -0.3 is 5.32 Å². The summed E-state index contributed by atoms with van der Waals surface area (Å²) >= 11 is 1.77. The van der Waals surface area contributed by atoms with E-state index < -0.39 is 6.43 Å². The Morgan fingerprint density at radius 1 is 1.70 bits per heavy atom. The fourth-order valence-corrected chi connectivity index (χ4v) is 0.469. The van der Waals surface area contributed by atoms with E-state index in [0.29, 0.717) is 3.72 Å². The first-order valence-electron chi connectivity index (χ1n) is 2.55. The van der Waals surface area contributed by atoms with E-state index in [-0.39, 0.29) is 6.54 Å². The second kappa shape index (κ2) is 5.57. The Bertz CT molecular complexity index is 136. The molecule has 0 fully saturated rings. The average molecular weight is 260 g/mol. The molecule has 0 unspecified atom stereocenters. The summed E-state index contributed by atoms with van der Waals surface area (Å²) in [5, 5.41) is 9.19. The fourth-order valence-electron chi connectivity index (χ4n) is 0.289. The minimum Gasteiger partial charge on any atom is -0.385 e. The zero-order chi connectivity index (χ0) is 7.98. The van der Waals surface area contributed by atoms with Crippen molar-refractivity contribution in [3.8, 4) is 0 Å². The van der Waals surface area contributed by atoms with Crippen LogP contribution in [0.5, 0.6) is 0 Å². The van der Waals surface area contributed by atoms with Gasteiger partial charge in [-0.2, -0.15) is 0 Å². The summed E-state index contributed by atoms with van der Waals surface area (Å²) < 4.78 is 23.1. The highest BCUT2D eigenvalue weighted by Crippen LogP contribution is 1.89. The van der Waals surface area contributed by atoms with E-state index in [1.54, 1.807) is 22.6 Å². The highest BCUT2D eigenvalue weighted by molar-refractivity contribution is 14.1. The molecule has 0 radical (unpaired) electrons. The Balaban J connectivity index is 3.27. The average Bonchev–Trinajstić information content (AvgIpc) is 1.79. The van der Waals surface area contributed by atoms with E-state index in [4.69, 9.17) is 5.41 Å². The van der Waals surface area contributed by atoms with E-state index >= 15 is 0 Å². The smallest absolute Gasteiger partial charge is 0.255 e. The second-order valence-corrected chi connectivity index (χ2v) is 2.64. The van der Waals surface area contributed by atoms with Crippen molar-refractivity contribution in [2.45, 2.75) is 6.43 Å². The number of nitrogens with one attached hydrogen (secondary N) is 2. The molecule has 0 aromatic rings. The van der Waals surface area contributed by atoms with Gasteiger partial charge in [-0.05, 0) is 34.9 Å². The fraction of sp³-hybridized carbons (Fsp3) is 0.400. The quantitative estimate of drug-likeness (QED) is 0.586. The molecule has 2 N–H and O–H groups in total. The monoisotopic (exact) mass is 260 g/mol. The molecule has 0 amide bonds. The lowest BCUT2D eigenvalue weighted by Crippen LogP contribution is -2.14. The molecule has 0 aromatic heterocycles. The largest absolute Gasteiger partial charge is 0.385 e. The van der Waals surface area contributed by atoms with Gasteiger partial charge in [-0.3, -0.25) is 5.41 Å². The SMILES string of the molecule is N=C(I)/C=C\NCC(F)F. The first kappa shape index (κ1) is 9.80. The molecule has 58 valence electrons. The summed E-state index contributed by atoms with van der Waals surface area (Å²) in [6, 6.07) is 0. The van der Waals surface area contributed by atoms with E-state index in [1.165, 1.54) is 12.3 Å². The first-order chi connectivity index (χ1) is 4.63. The van der Waals surface area contributed by atoms with Gasteiger partial charge in [0.1, 0.15) is 0 Å². The number of hydrogen-bond donors (Lipinski definition) is 2. The molecule has 0 aliphatic carbocycles. The van der Waals surface area contributed by atoms with Gasteiger partial charge in [0, 0.05) is 0 Å². The molecular formula is C5H7F2IN2. The van der Waals surface area contributed by atoms with Crippen molar-refractivity contribution in [1.82, 2.24) is 5.32 Å². The third-order valence-electron chi connectivity index (χ3n) is 0.620. The van der Waals surface area contributed by atoms with Crippen molar-refractivity contribution in [1.29, 1.82) is 5.41 Å². The van der Waals surface area contributed by atoms with Gasteiger partial charge in [0.2, 0.25) is 0 Å². The summed E-state index contributed by atoms with van der Waals surface area (Å²) in [5.74, 6) is 0. The second-order valence-electron chi connectivity index (χ2n) is 1.48. The number of hydrogen-bond acceptors (Lipinski definition) is 2. The molecule has 0 heterocycles. The summed E-state index contributed by atoms with van der Waals surface area (Å²) in [5.41, 5.74) is 0. The topological polar surface area (TPSA) is 35.9 Å². The molecule has 0 atom stereocenters. The lowest BCUT2D eigenvalue weighted by Gasteiger charge is -1.96. The van der Waals surface area contributed by atoms with Crippen LogP contribution in [0.25, 0.3) is 0 Å². The van der Waals surface area contributed by atoms with Gasteiger partial charge in [0.25, 0.3) is 6.43 Å². The zero-order valence-electron chi connectivity index (χ0n) is 5.07. The van der Waals surface area contributed by atoms with Gasteiger partial charge in [0.15, 0.2) is 0 Å². The van der Waals surface area contributed by atoms with E-state index in [0.717, 1.165) is 0 Å². The predicted octanol–water partition coefficient (Wildman–Crippen LogP) is 1.77. The zero-order valence-corrected chi connectivity index (χ0v) is 7.23. The predicted molar refractivity (Wildman–Crippen MR) is 44.9 cm³/mol. The Morgan fingerprint density at radius 3 is 2.70 bits per heavy atom. The molecule has 0 aromatic carbocycles. The maximum atomic E-state index is 11.4.